The summed E-state index contributed by atoms with van der Waals surface area (Å²) in [6.07, 6.45) is 1.62. The molecule has 0 aromatic heterocycles. The molecule has 4 nitrogen and oxygen atoms in total. The van der Waals surface area contributed by atoms with E-state index in [0.29, 0.717) is 0 Å². The zero-order chi connectivity index (χ0) is 15.6. The summed E-state index contributed by atoms with van der Waals surface area (Å²) in [5.41, 5.74) is -0.536. The maximum Gasteiger partial charge on any atom is 0.261 e. The van der Waals surface area contributed by atoms with E-state index in [1.807, 2.05) is 20.8 Å². The van der Waals surface area contributed by atoms with E-state index in [0.717, 1.165) is 31.0 Å². The quantitative estimate of drug-likeness (QED) is 0.848. The van der Waals surface area contributed by atoms with Crippen molar-refractivity contribution >= 4 is 25.6 Å². The molecular weight excluding hydrogens is 305 g/mol. The molecule has 1 rings (SSSR count). The number of carbonyl (C=O) groups is 1. The SMILES string of the molecule is CCCC(C)(C)NC(=O)c1cc(F)cc(S(=O)(=O)Cl)c1. The molecule has 0 aliphatic rings. The van der Waals surface area contributed by atoms with E-state index in [4.69, 9.17) is 10.7 Å². The summed E-state index contributed by atoms with van der Waals surface area (Å²) in [4.78, 5) is 11.6. The Morgan fingerprint density at radius 1 is 1.35 bits per heavy atom. The van der Waals surface area contributed by atoms with Crippen LogP contribution in [0.1, 0.15) is 44.0 Å². The lowest BCUT2D eigenvalue weighted by molar-refractivity contribution is 0.0908. The number of benzene rings is 1. The zero-order valence-electron chi connectivity index (χ0n) is 11.5. The molecular formula is C13H17ClFNO3S. The fraction of sp³-hybridized carbons (Fsp3) is 0.462. The second kappa shape index (κ2) is 6.10. The lowest BCUT2D eigenvalue weighted by Gasteiger charge is -2.25. The second-order valence-corrected chi connectivity index (χ2v) is 7.77. The highest BCUT2D eigenvalue weighted by molar-refractivity contribution is 8.13. The molecule has 0 saturated carbocycles. The van der Waals surface area contributed by atoms with E-state index in [9.17, 15) is 17.6 Å². The van der Waals surface area contributed by atoms with Crippen LogP contribution >= 0.6 is 10.7 Å². The summed E-state index contributed by atoms with van der Waals surface area (Å²) in [6.45, 7) is 5.66. The molecule has 1 aromatic rings. The van der Waals surface area contributed by atoms with Gasteiger partial charge in [0.25, 0.3) is 15.0 Å². The summed E-state index contributed by atoms with van der Waals surface area (Å²) in [6, 6.07) is 2.81. The van der Waals surface area contributed by atoms with Crippen molar-refractivity contribution in [1.29, 1.82) is 0 Å². The summed E-state index contributed by atoms with van der Waals surface area (Å²) in [5, 5.41) is 2.74. The molecule has 0 saturated heterocycles. The van der Waals surface area contributed by atoms with Crippen molar-refractivity contribution in [2.24, 2.45) is 0 Å². The Kier molecular flexibility index (Phi) is 5.15. The Bertz CT molecular complexity index is 614. The van der Waals surface area contributed by atoms with Crippen LogP contribution in [-0.2, 0) is 9.05 Å². The lowest BCUT2D eigenvalue weighted by Crippen LogP contribution is -2.43. The minimum Gasteiger partial charge on any atom is -0.347 e. The van der Waals surface area contributed by atoms with Crippen LogP contribution in [0.2, 0.25) is 0 Å². The predicted octanol–water partition coefficient (Wildman–Crippen LogP) is 3.06. The highest BCUT2D eigenvalue weighted by Crippen LogP contribution is 2.19. The molecule has 0 spiro atoms. The molecule has 0 radical (unpaired) electrons. The minimum absolute atomic E-state index is 0.0756. The van der Waals surface area contributed by atoms with E-state index < -0.39 is 31.2 Å². The summed E-state index contributed by atoms with van der Waals surface area (Å²) in [7, 11) is 1.08. The average Bonchev–Trinajstić information content (AvgIpc) is 2.26. The average molecular weight is 322 g/mol. The van der Waals surface area contributed by atoms with E-state index >= 15 is 0 Å². The largest absolute Gasteiger partial charge is 0.347 e. The van der Waals surface area contributed by atoms with Gasteiger partial charge in [0.1, 0.15) is 5.82 Å². The van der Waals surface area contributed by atoms with Gasteiger partial charge in [0.05, 0.1) is 4.90 Å². The summed E-state index contributed by atoms with van der Waals surface area (Å²) in [5.74, 6) is -1.37. The predicted molar refractivity (Wildman–Crippen MR) is 75.9 cm³/mol. The van der Waals surface area contributed by atoms with Gasteiger partial charge >= 0.3 is 0 Å². The first-order chi connectivity index (χ1) is 9.05. The van der Waals surface area contributed by atoms with Gasteiger partial charge in [0.15, 0.2) is 0 Å². The molecule has 0 heterocycles. The first-order valence-corrected chi connectivity index (χ1v) is 8.44. The number of hydrogen-bond acceptors (Lipinski definition) is 3. The van der Waals surface area contributed by atoms with Crippen LogP contribution < -0.4 is 5.32 Å². The standard InChI is InChI=1S/C13H17ClFNO3S/c1-4-5-13(2,3)16-12(17)9-6-10(15)8-11(7-9)20(14,18)19/h6-8H,4-5H2,1-3H3,(H,16,17). The Hall–Kier alpha value is -1.14. The van der Waals surface area contributed by atoms with Gasteiger partial charge in [0, 0.05) is 21.8 Å². The highest BCUT2D eigenvalue weighted by atomic mass is 35.7. The lowest BCUT2D eigenvalue weighted by atomic mass is 9.98. The van der Waals surface area contributed by atoms with Crippen LogP contribution in [0.5, 0.6) is 0 Å². The van der Waals surface area contributed by atoms with Gasteiger partial charge < -0.3 is 5.32 Å². The Labute approximate surface area is 122 Å². The van der Waals surface area contributed by atoms with E-state index in [-0.39, 0.29) is 5.56 Å². The van der Waals surface area contributed by atoms with Crippen LogP contribution in [-0.4, -0.2) is 19.9 Å². The third-order valence-corrected chi connectivity index (χ3v) is 4.08. The number of nitrogens with one attached hydrogen (secondary N) is 1. The van der Waals surface area contributed by atoms with Crippen LogP contribution in [0.25, 0.3) is 0 Å². The maximum absolute atomic E-state index is 13.4. The van der Waals surface area contributed by atoms with Crippen LogP contribution in [0.4, 0.5) is 4.39 Å². The fourth-order valence-electron chi connectivity index (χ4n) is 1.90. The van der Waals surface area contributed by atoms with Crippen molar-refractivity contribution in [2.45, 2.75) is 44.0 Å². The van der Waals surface area contributed by atoms with Crippen LogP contribution in [0.3, 0.4) is 0 Å². The molecule has 0 aliphatic carbocycles. The third-order valence-electron chi connectivity index (χ3n) is 2.74. The first kappa shape index (κ1) is 16.9. The fourth-order valence-corrected chi connectivity index (χ4v) is 2.69. The van der Waals surface area contributed by atoms with Crippen LogP contribution in [0, 0.1) is 5.82 Å². The Morgan fingerprint density at radius 3 is 2.45 bits per heavy atom. The third kappa shape index (κ3) is 4.76. The van der Waals surface area contributed by atoms with Crippen molar-refractivity contribution in [3.8, 4) is 0 Å². The Balaban J connectivity index is 3.09. The van der Waals surface area contributed by atoms with Gasteiger partial charge in [-0.15, -0.1) is 0 Å². The zero-order valence-corrected chi connectivity index (χ0v) is 13.1. The molecule has 1 N–H and O–H groups in total. The van der Waals surface area contributed by atoms with Crippen molar-refractivity contribution in [2.75, 3.05) is 0 Å². The highest BCUT2D eigenvalue weighted by Gasteiger charge is 2.22. The van der Waals surface area contributed by atoms with Crippen molar-refractivity contribution in [1.82, 2.24) is 5.32 Å². The van der Waals surface area contributed by atoms with Gasteiger partial charge in [0.2, 0.25) is 0 Å². The molecule has 1 aromatic carbocycles. The van der Waals surface area contributed by atoms with Crippen molar-refractivity contribution in [3.05, 3.63) is 29.6 Å². The number of rotatable bonds is 5. The van der Waals surface area contributed by atoms with Gasteiger partial charge in [-0.25, -0.2) is 12.8 Å². The first-order valence-electron chi connectivity index (χ1n) is 6.13. The molecule has 0 bridgehead atoms. The van der Waals surface area contributed by atoms with E-state index in [1.54, 1.807) is 0 Å². The van der Waals surface area contributed by atoms with Crippen molar-refractivity contribution in [3.63, 3.8) is 0 Å². The second-order valence-electron chi connectivity index (χ2n) is 5.20. The number of halogens is 2. The molecule has 0 atom stereocenters. The molecule has 0 unspecified atom stereocenters. The monoisotopic (exact) mass is 321 g/mol. The van der Waals surface area contributed by atoms with Gasteiger partial charge in [-0.3, -0.25) is 4.79 Å². The molecule has 1 amide bonds. The topological polar surface area (TPSA) is 63.2 Å². The van der Waals surface area contributed by atoms with Gasteiger partial charge in [-0.2, -0.15) is 0 Å². The molecule has 112 valence electrons. The molecule has 0 fully saturated rings. The van der Waals surface area contributed by atoms with E-state index in [2.05, 4.69) is 5.32 Å². The molecule has 7 heteroatoms. The summed E-state index contributed by atoms with van der Waals surface area (Å²) < 4.78 is 35.8. The molecule has 20 heavy (non-hydrogen) atoms. The normalized spacial score (nSPS) is 12.2. The minimum atomic E-state index is -4.08. The number of hydrogen-bond donors (Lipinski definition) is 1. The van der Waals surface area contributed by atoms with E-state index in [1.165, 1.54) is 0 Å². The van der Waals surface area contributed by atoms with Gasteiger partial charge in [-0.05, 0) is 38.5 Å². The maximum atomic E-state index is 13.4. The van der Waals surface area contributed by atoms with Crippen molar-refractivity contribution < 1.29 is 17.6 Å². The Morgan fingerprint density at radius 2 is 1.95 bits per heavy atom. The summed E-state index contributed by atoms with van der Waals surface area (Å²) >= 11 is 0. The molecule has 0 aliphatic heterocycles. The van der Waals surface area contributed by atoms with Gasteiger partial charge in [-0.1, -0.05) is 13.3 Å². The number of amides is 1. The number of carbonyl (C=O) groups excluding carboxylic acids is 1. The smallest absolute Gasteiger partial charge is 0.261 e. The van der Waals surface area contributed by atoms with Crippen LogP contribution in [0.15, 0.2) is 23.1 Å².